The average Bonchev–Trinajstić information content (AvgIpc) is 2.90. The number of hydrogen-bond donors (Lipinski definition) is 2. The predicted octanol–water partition coefficient (Wildman–Crippen LogP) is 4.13. The van der Waals surface area contributed by atoms with Crippen molar-refractivity contribution in [1.82, 2.24) is 10.3 Å². The zero-order chi connectivity index (χ0) is 28.4. The zero-order valence-electron chi connectivity index (χ0n) is 21.9. The molecule has 0 bridgehead atoms. The summed E-state index contributed by atoms with van der Waals surface area (Å²) in [6, 6.07) is 21.0. The zero-order valence-corrected chi connectivity index (χ0v) is 21.9. The summed E-state index contributed by atoms with van der Waals surface area (Å²) in [6.45, 7) is 4.80. The van der Waals surface area contributed by atoms with Crippen LogP contribution in [0.15, 0.2) is 60.7 Å². The van der Waals surface area contributed by atoms with E-state index in [2.05, 4.69) is 10.3 Å². The van der Waals surface area contributed by atoms with Crippen molar-refractivity contribution in [2.75, 3.05) is 18.9 Å². The van der Waals surface area contributed by atoms with Crippen LogP contribution in [0.3, 0.4) is 0 Å². The summed E-state index contributed by atoms with van der Waals surface area (Å²) in [6.07, 6.45) is -0.562. The molecule has 2 aromatic carbocycles. The molecule has 0 aliphatic heterocycles. The topological polar surface area (TPSA) is 160 Å². The minimum Gasteiger partial charge on any atom is -0.473 e. The van der Waals surface area contributed by atoms with Crippen LogP contribution in [0.1, 0.15) is 37.5 Å². The van der Waals surface area contributed by atoms with Crippen LogP contribution in [-0.2, 0) is 20.7 Å². The normalized spacial score (nSPS) is 11.4. The van der Waals surface area contributed by atoms with Gasteiger partial charge in [0.25, 0.3) is 0 Å². The molecular formula is C29H29N5O5. The van der Waals surface area contributed by atoms with Gasteiger partial charge in [0, 0.05) is 12.0 Å². The number of carbonyl (C=O) groups is 2. The number of nitrogen functional groups attached to an aromatic ring is 1. The third-order valence-corrected chi connectivity index (χ3v) is 5.30. The molecule has 3 N–H and O–H groups in total. The summed E-state index contributed by atoms with van der Waals surface area (Å²) in [4.78, 5) is 29.3. The standard InChI is InChI=1S/C29H29N5O5/c1-29(2,3)39-28(36)33-23(16-19-10-6-4-7-11-19)27(35)38-15-14-37-26-22(18-31)24(20-12-8-5-9-13-20)21(17-30)25(32)34-26/h4-13,23H,14-16H2,1-3H3,(H2,32,34)(H,33,36)/t23-/m0/s1. The smallest absolute Gasteiger partial charge is 0.408 e. The largest absolute Gasteiger partial charge is 0.473 e. The number of aromatic nitrogens is 1. The minimum absolute atomic E-state index is 0.0341. The fourth-order valence-electron chi connectivity index (χ4n) is 3.67. The number of rotatable bonds is 9. The van der Waals surface area contributed by atoms with Crippen LogP contribution in [0, 0.1) is 22.7 Å². The van der Waals surface area contributed by atoms with Crippen LogP contribution in [0.4, 0.5) is 10.6 Å². The highest BCUT2D eigenvalue weighted by atomic mass is 16.6. The predicted molar refractivity (Wildman–Crippen MR) is 143 cm³/mol. The van der Waals surface area contributed by atoms with Crippen molar-refractivity contribution in [2.45, 2.75) is 38.8 Å². The lowest BCUT2D eigenvalue weighted by atomic mass is 9.96. The number of ether oxygens (including phenoxy) is 3. The highest BCUT2D eigenvalue weighted by Gasteiger charge is 2.26. The van der Waals surface area contributed by atoms with Crippen LogP contribution >= 0.6 is 0 Å². The number of nitrogens with two attached hydrogens (primary N) is 1. The van der Waals surface area contributed by atoms with Crippen molar-refractivity contribution in [3.05, 3.63) is 77.4 Å². The van der Waals surface area contributed by atoms with Crippen LogP contribution in [0.5, 0.6) is 5.88 Å². The van der Waals surface area contributed by atoms with Crippen molar-refractivity contribution in [3.8, 4) is 29.1 Å². The highest BCUT2D eigenvalue weighted by Crippen LogP contribution is 2.34. The molecule has 0 saturated carbocycles. The van der Waals surface area contributed by atoms with Gasteiger partial charge in [-0.3, -0.25) is 0 Å². The van der Waals surface area contributed by atoms with Gasteiger partial charge in [-0.25, -0.2) is 9.59 Å². The summed E-state index contributed by atoms with van der Waals surface area (Å²) < 4.78 is 16.3. The minimum atomic E-state index is -1.01. The Balaban J connectivity index is 1.72. The second-order valence-electron chi connectivity index (χ2n) is 9.42. The molecule has 3 aromatic rings. The van der Waals surface area contributed by atoms with Gasteiger partial charge < -0.3 is 25.3 Å². The van der Waals surface area contributed by atoms with Gasteiger partial charge >= 0.3 is 12.1 Å². The number of alkyl carbamates (subject to hydrolysis) is 1. The molecule has 200 valence electrons. The maximum Gasteiger partial charge on any atom is 0.408 e. The van der Waals surface area contributed by atoms with Gasteiger partial charge in [-0.2, -0.15) is 15.5 Å². The molecule has 39 heavy (non-hydrogen) atoms. The lowest BCUT2D eigenvalue weighted by molar-refractivity contribution is -0.146. The van der Waals surface area contributed by atoms with E-state index in [0.717, 1.165) is 5.56 Å². The number of esters is 1. The number of nitrogens with zero attached hydrogens (tertiary/aromatic N) is 3. The summed E-state index contributed by atoms with van der Waals surface area (Å²) in [7, 11) is 0. The Morgan fingerprint density at radius 1 is 0.974 bits per heavy atom. The number of pyridine rings is 1. The number of benzene rings is 2. The first-order chi connectivity index (χ1) is 18.6. The van der Waals surface area contributed by atoms with Crippen molar-refractivity contribution in [2.24, 2.45) is 0 Å². The molecular weight excluding hydrogens is 498 g/mol. The first kappa shape index (κ1) is 28.5. The van der Waals surface area contributed by atoms with Gasteiger partial charge in [0.05, 0.1) is 0 Å². The Morgan fingerprint density at radius 3 is 2.18 bits per heavy atom. The van der Waals surface area contributed by atoms with Gasteiger partial charge in [-0.15, -0.1) is 0 Å². The Labute approximate surface area is 226 Å². The van der Waals surface area contributed by atoms with Gasteiger partial charge in [-0.05, 0) is 31.9 Å². The highest BCUT2D eigenvalue weighted by molar-refractivity contribution is 5.83. The van der Waals surface area contributed by atoms with E-state index in [1.54, 1.807) is 51.1 Å². The molecule has 1 heterocycles. The van der Waals surface area contributed by atoms with E-state index in [1.165, 1.54) is 0 Å². The van der Waals surface area contributed by atoms with Crippen molar-refractivity contribution in [1.29, 1.82) is 10.5 Å². The van der Waals surface area contributed by atoms with E-state index < -0.39 is 23.7 Å². The van der Waals surface area contributed by atoms with Gasteiger partial charge in [0.1, 0.15) is 53.9 Å². The van der Waals surface area contributed by atoms with Gasteiger partial charge in [0.2, 0.25) is 5.88 Å². The van der Waals surface area contributed by atoms with Crippen LogP contribution in [0.2, 0.25) is 0 Å². The van der Waals surface area contributed by atoms with Crippen molar-refractivity contribution < 1.29 is 23.8 Å². The van der Waals surface area contributed by atoms with E-state index in [1.807, 2.05) is 42.5 Å². The molecule has 1 aromatic heterocycles. The van der Waals surface area contributed by atoms with E-state index in [4.69, 9.17) is 19.9 Å². The van der Waals surface area contributed by atoms with Crippen molar-refractivity contribution in [3.63, 3.8) is 0 Å². The molecule has 10 nitrogen and oxygen atoms in total. The number of nitriles is 2. The maximum absolute atomic E-state index is 12.9. The van der Waals surface area contributed by atoms with E-state index in [0.29, 0.717) is 11.1 Å². The Hall–Kier alpha value is -5.09. The Kier molecular flexibility index (Phi) is 9.44. The Bertz CT molecular complexity index is 1390. The summed E-state index contributed by atoms with van der Waals surface area (Å²) in [5, 5.41) is 22.0. The fraction of sp³-hybridized carbons (Fsp3) is 0.276. The van der Waals surface area contributed by atoms with Crippen LogP contribution in [-0.4, -0.2) is 41.9 Å². The van der Waals surface area contributed by atoms with Crippen LogP contribution in [0.25, 0.3) is 11.1 Å². The second kappa shape index (κ2) is 12.9. The molecule has 0 spiro atoms. The number of carbonyl (C=O) groups excluding carboxylic acids is 2. The first-order valence-corrected chi connectivity index (χ1v) is 12.1. The van der Waals surface area contributed by atoms with E-state index in [9.17, 15) is 20.1 Å². The number of nitrogens with one attached hydrogen (secondary N) is 1. The second-order valence-corrected chi connectivity index (χ2v) is 9.42. The molecule has 1 atom stereocenters. The van der Waals surface area contributed by atoms with Crippen LogP contribution < -0.4 is 15.8 Å². The molecule has 10 heteroatoms. The quantitative estimate of drug-likeness (QED) is 0.308. The average molecular weight is 528 g/mol. The number of amides is 1. The Morgan fingerprint density at radius 2 is 1.59 bits per heavy atom. The fourth-order valence-corrected chi connectivity index (χ4v) is 3.67. The molecule has 0 saturated heterocycles. The molecule has 0 aliphatic carbocycles. The summed E-state index contributed by atoms with van der Waals surface area (Å²) in [5.74, 6) is -0.866. The number of anilines is 1. The van der Waals surface area contributed by atoms with E-state index >= 15 is 0 Å². The number of hydrogen-bond acceptors (Lipinski definition) is 9. The lowest BCUT2D eigenvalue weighted by Gasteiger charge is -2.23. The third-order valence-electron chi connectivity index (χ3n) is 5.30. The van der Waals surface area contributed by atoms with Gasteiger partial charge in [0.15, 0.2) is 0 Å². The summed E-state index contributed by atoms with van der Waals surface area (Å²) in [5.41, 5.74) is 7.07. The van der Waals surface area contributed by atoms with Crippen molar-refractivity contribution >= 4 is 17.9 Å². The molecule has 0 radical (unpaired) electrons. The maximum atomic E-state index is 12.9. The monoisotopic (exact) mass is 527 g/mol. The molecule has 0 unspecified atom stereocenters. The first-order valence-electron chi connectivity index (χ1n) is 12.1. The molecule has 0 fully saturated rings. The lowest BCUT2D eigenvalue weighted by Crippen LogP contribution is -2.45. The third kappa shape index (κ3) is 7.94. The molecule has 1 amide bonds. The van der Waals surface area contributed by atoms with E-state index in [-0.39, 0.29) is 42.5 Å². The summed E-state index contributed by atoms with van der Waals surface area (Å²) >= 11 is 0. The molecule has 0 aliphatic rings. The van der Waals surface area contributed by atoms with Gasteiger partial charge in [-0.1, -0.05) is 60.7 Å². The molecule has 3 rings (SSSR count). The SMILES string of the molecule is CC(C)(C)OC(=O)N[C@@H](Cc1ccccc1)C(=O)OCCOc1nc(N)c(C#N)c(-c2ccccc2)c1C#N.